The van der Waals surface area contributed by atoms with Crippen molar-refractivity contribution in [1.29, 1.82) is 0 Å². The lowest BCUT2D eigenvalue weighted by molar-refractivity contribution is -0.138. The van der Waals surface area contributed by atoms with E-state index in [4.69, 9.17) is 4.74 Å². The summed E-state index contributed by atoms with van der Waals surface area (Å²) in [6.45, 7) is 0.499. The highest BCUT2D eigenvalue weighted by Crippen LogP contribution is 2.49. The predicted octanol–water partition coefficient (Wildman–Crippen LogP) is 3.85. The number of rotatable bonds is 4. The zero-order chi connectivity index (χ0) is 24.1. The van der Waals surface area contributed by atoms with Crippen LogP contribution >= 0.6 is 0 Å². The first kappa shape index (κ1) is 21.9. The molecule has 6 nitrogen and oxygen atoms in total. The second kappa shape index (κ2) is 7.86. The third-order valence-corrected chi connectivity index (χ3v) is 6.43. The highest BCUT2D eigenvalue weighted by molar-refractivity contribution is 6.02. The number of fused-ring (bicyclic) bond motifs is 3. The Morgan fingerprint density at radius 2 is 1.76 bits per heavy atom. The van der Waals surface area contributed by atoms with E-state index in [-0.39, 0.29) is 31.3 Å². The molecule has 3 aromatic rings. The van der Waals surface area contributed by atoms with Crippen LogP contribution in [-0.4, -0.2) is 46.8 Å². The van der Waals surface area contributed by atoms with Crippen molar-refractivity contribution in [3.05, 3.63) is 94.8 Å². The van der Waals surface area contributed by atoms with Crippen LogP contribution in [0.25, 0.3) is 0 Å². The van der Waals surface area contributed by atoms with Crippen molar-refractivity contribution in [2.24, 2.45) is 0 Å². The zero-order valence-corrected chi connectivity index (χ0v) is 18.2. The third kappa shape index (κ3) is 3.22. The molecule has 1 saturated heterocycles. The molecule has 2 aromatic carbocycles. The zero-order valence-electron chi connectivity index (χ0n) is 18.2. The average molecular weight is 467 g/mol. The number of pyridine rings is 1. The molecule has 5 rings (SSSR count). The van der Waals surface area contributed by atoms with E-state index in [1.54, 1.807) is 47.2 Å². The third-order valence-electron chi connectivity index (χ3n) is 6.43. The van der Waals surface area contributed by atoms with E-state index in [2.05, 4.69) is 4.98 Å². The molecule has 0 saturated carbocycles. The minimum Gasteiger partial charge on any atom is -0.497 e. The summed E-state index contributed by atoms with van der Waals surface area (Å²) in [5.41, 5.74) is -0.126. The summed E-state index contributed by atoms with van der Waals surface area (Å²) < 4.78 is 44.8. The Morgan fingerprint density at radius 1 is 1.06 bits per heavy atom. The van der Waals surface area contributed by atoms with Gasteiger partial charge in [0.2, 0.25) is 5.91 Å². The Hall–Kier alpha value is -3.88. The second-order valence-corrected chi connectivity index (χ2v) is 8.20. The first-order valence-corrected chi connectivity index (χ1v) is 10.6. The van der Waals surface area contributed by atoms with Gasteiger partial charge >= 0.3 is 6.18 Å². The maximum atomic E-state index is 13.6. The summed E-state index contributed by atoms with van der Waals surface area (Å²) in [4.78, 5) is 34.1. The highest BCUT2D eigenvalue weighted by atomic mass is 19.4. The maximum Gasteiger partial charge on any atom is 0.416 e. The molecular formula is C25H20F3N3O3. The number of ether oxygens (including phenoxy) is 1. The second-order valence-electron chi connectivity index (χ2n) is 8.20. The van der Waals surface area contributed by atoms with E-state index in [1.807, 2.05) is 0 Å². The van der Waals surface area contributed by atoms with Gasteiger partial charge in [-0.25, -0.2) is 0 Å². The van der Waals surface area contributed by atoms with E-state index >= 15 is 0 Å². The van der Waals surface area contributed by atoms with Crippen LogP contribution in [0.4, 0.5) is 13.2 Å². The number of hydrogen-bond acceptors (Lipinski definition) is 4. The topological polar surface area (TPSA) is 62.7 Å². The minimum atomic E-state index is -4.50. The largest absolute Gasteiger partial charge is 0.497 e. The number of amides is 2. The lowest BCUT2D eigenvalue weighted by Crippen LogP contribution is -2.52. The SMILES string of the molecule is COc1ccc(CC(=O)N2CCN3C(=O)c4ccncc4C23c2ccc(C(F)(F)F)cc2)cc1. The number of hydrogen-bond donors (Lipinski definition) is 0. The summed E-state index contributed by atoms with van der Waals surface area (Å²) in [5.74, 6) is 0.125. The van der Waals surface area contributed by atoms with Crippen molar-refractivity contribution < 1.29 is 27.5 Å². The molecule has 3 heterocycles. The molecule has 34 heavy (non-hydrogen) atoms. The van der Waals surface area contributed by atoms with Crippen molar-refractivity contribution in [2.45, 2.75) is 18.3 Å². The fourth-order valence-electron chi connectivity index (χ4n) is 4.89. The van der Waals surface area contributed by atoms with Crippen LogP contribution in [0.15, 0.2) is 67.0 Å². The quantitative estimate of drug-likeness (QED) is 0.585. The van der Waals surface area contributed by atoms with Gasteiger partial charge in [0.15, 0.2) is 5.66 Å². The molecule has 2 aliphatic heterocycles. The van der Waals surface area contributed by atoms with Crippen molar-refractivity contribution in [3.63, 3.8) is 0 Å². The summed E-state index contributed by atoms with van der Waals surface area (Å²) in [6.07, 6.45) is -1.43. The van der Waals surface area contributed by atoms with Gasteiger partial charge in [0.05, 0.1) is 24.7 Å². The summed E-state index contributed by atoms with van der Waals surface area (Å²) in [7, 11) is 1.55. The van der Waals surface area contributed by atoms with Gasteiger partial charge in [-0.3, -0.25) is 14.6 Å². The Morgan fingerprint density at radius 3 is 2.41 bits per heavy atom. The van der Waals surface area contributed by atoms with Crippen molar-refractivity contribution in [1.82, 2.24) is 14.8 Å². The molecule has 1 fully saturated rings. The van der Waals surface area contributed by atoms with E-state index in [9.17, 15) is 22.8 Å². The molecule has 0 aliphatic carbocycles. The molecule has 0 spiro atoms. The number of nitrogens with zero attached hydrogens (tertiary/aromatic N) is 3. The van der Waals surface area contributed by atoms with Gasteiger partial charge in [0, 0.05) is 36.6 Å². The Kier molecular flexibility index (Phi) is 5.07. The molecule has 0 N–H and O–H groups in total. The van der Waals surface area contributed by atoms with Gasteiger partial charge in [0.25, 0.3) is 5.91 Å². The molecular weight excluding hydrogens is 447 g/mol. The first-order valence-electron chi connectivity index (χ1n) is 10.6. The molecule has 2 aliphatic rings. The summed E-state index contributed by atoms with van der Waals surface area (Å²) >= 11 is 0. The van der Waals surface area contributed by atoms with Gasteiger partial charge in [0.1, 0.15) is 5.75 Å². The van der Waals surface area contributed by atoms with Crippen LogP contribution in [0.5, 0.6) is 5.75 Å². The van der Waals surface area contributed by atoms with E-state index in [1.165, 1.54) is 24.5 Å². The Labute approximate surface area is 193 Å². The molecule has 0 bridgehead atoms. The van der Waals surface area contributed by atoms with Gasteiger partial charge in [-0.15, -0.1) is 0 Å². The number of aromatic nitrogens is 1. The standard InChI is InChI=1S/C25H20F3N3O3/c1-34-19-8-2-16(3-9-19)14-22(32)30-12-13-31-23(33)20-10-11-29-15-21(20)24(30,31)17-4-6-18(7-5-17)25(26,27)28/h2-11,15H,12-14H2,1H3. The minimum absolute atomic E-state index is 0.0595. The highest BCUT2D eigenvalue weighted by Gasteiger charge is 2.59. The molecule has 1 aromatic heterocycles. The van der Waals surface area contributed by atoms with Crippen molar-refractivity contribution >= 4 is 11.8 Å². The number of carbonyl (C=O) groups excluding carboxylic acids is 2. The molecule has 1 unspecified atom stereocenters. The Bertz CT molecular complexity index is 1260. The molecule has 1 atom stereocenters. The van der Waals surface area contributed by atoms with Crippen LogP contribution in [0.3, 0.4) is 0 Å². The van der Waals surface area contributed by atoms with Gasteiger partial charge in [-0.1, -0.05) is 24.3 Å². The van der Waals surface area contributed by atoms with Gasteiger partial charge in [-0.2, -0.15) is 13.2 Å². The number of carbonyl (C=O) groups is 2. The fourth-order valence-corrected chi connectivity index (χ4v) is 4.89. The summed E-state index contributed by atoms with van der Waals surface area (Å²) in [5, 5.41) is 0. The first-order chi connectivity index (χ1) is 16.3. The average Bonchev–Trinajstić information content (AvgIpc) is 3.35. The van der Waals surface area contributed by atoms with Crippen LogP contribution < -0.4 is 4.74 Å². The number of benzene rings is 2. The Balaban J connectivity index is 1.61. The summed E-state index contributed by atoms with van der Waals surface area (Å²) in [6, 6.07) is 13.3. The van der Waals surface area contributed by atoms with Crippen LogP contribution in [0, 0.1) is 0 Å². The van der Waals surface area contributed by atoms with E-state index in [0.717, 1.165) is 17.7 Å². The monoisotopic (exact) mass is 467 g/mol. The van der Waals surface area contributed by atoms with E-state index < -0.39 is 17.4 Å². The molecule has 0 radical (unpaired) electrons. The molecule has 9 heteroatoms. The lowest BCUT2D eigenvalue weighted by Gasteiger charge is -2.40. The predicted molar refractivity (Wildman–Crippen MR) is 116 cm³/mol. The van der Waals surface area contributed by atoms with Crippen molar-refractivity contribution in [3.8, 4) is 5.75 Å². The number of alkyl halides is 3. The number of halogens is 3. The molecule has 2 amide bonds. The van der Waals surface area contributed by atoms with Gasteiger partial charge < -0.3 is 14.5 Å². The lowest BCUT2D eigenvalue weighted by atomic mass is 9.90. The van der Waals surface area contributed by atoms with Crippen molar-refractivity contribution in [2.75, 3.05) is 20.2 Å². The normalized spacial score (nSPS) is 19.2. The van der Waals surface area contributed by atoms with Crippen LogP contribution in [0.1, 0.15) is 32.6 Å². The fraction of sp³-hybridized carbons (Fsp3) is 0.240. The number of methoxy groups -OCH3 is 1. The smallest absolute Gasteiger partial charge is 0.416 e. The van der Waals surface area contributed by atoms with E-state index in [0.29, 0.717) is 22.4 Å². The van der Waals surface area contributed by atoms with Crippen LogP contribution in [-0.2, 0) is 23.1 Å². The maximum absolute atomic E-state index is 13.6. The van der Waals surface area contributed by atoms with Crippen LogP contribution in [0.2, 0.25) is 0 Å². The van der Waals surface area contributed by atoms with Gasteiger partial charge in [-0.05, 0) is 35.9 Å². The molecule has 174 valence electrons.